The lowest BCUT2D eigenvalue weighted by Crippen LogP contribution is -2.30. The van der Waals surface area contributed by atoms with Crippen LogP contribution in [0.1, 0.15) is 12.8 Å². The smallest absolute Gasteiger partial charge is 0.265 e. The minimum absolute atomic E-state index is 0.359. The van der Waals surface area contributed by atoms with E-state index in [0.29, 0.717) is 6.54 Å². The highest BCUT2D eigenvalue weighted by atomic mass is 16.4. The van der Waals surface area contributed by atoms with Crippen LogP contribution in [-0.4, -0.2) is 74.5 Å². The summed E-state index contributed by atoms with van der Waals surface area (Å²) in [5.74, 6) is -0.359. The molecule has 2 N–H and O–H groups in total. The first kappa shape index (κ1) is 15.9. The van der Waals surface area contributed by atoms with Crippen LogP contribution in [0, 0.1) is 0 Å². The zero-order valence-corrected chi connectivity index (χ0v) is 11.0. The van der Waals surface area contributed by atoms with Crippen LogP contribution < -0.4 is 5.32 Å². The third-order valence-electron chi connectivity index (χ3n) is 2.34. The van der Waals surface area contributed by atoms with Gasteiger partial charge in [-0.2, -0.15) is 0 Å². The monoisotopic (exact) mass is 244 g/mol. The molecule has 0 aliphatic heterocycles. The lowest BCUT2D eigenvalue weighted by atomic mass is 10.3. The first-order valence-electron chi connectivity index (χ1n) is 5.84. The molecule has 0 bridgehead atoms. The molecule has 17 heavy (non-hydrogen) atoms. The van der Waals surface area contributed by atoms with Crippen LogP contribution in [0.2, 0.25) is 0 Å². The van der Waals surface area contributed by atoms with Crippen molar-refractivity contribution in [3.05, 3.63) is 0 Å². The summed E-state index contributed by atoms with van der Waals surface area (Å²) in [5, 5.41) is 13.4. The normalized spacial score (nSPS) is 11.6. The van der Waals surface area contributed by atoms with E-state index in [0.717, 1.165) is 38.7 Å². The van der Waals surface area contributed by atoms with Crippen molar-refractivity contribution in [1.29, 1.82) is 0 Å². The summed E-state index contributed by atoms with van der Waals surface area (Å²) in [4.78, 5) is 15.3. The first-order valence-corrected chi connectivity index (χ1v) is 5.84. The van der Waals surface area contributed by atoms with Gasteiger partial charge in [-0.25, -0.2) is 0 Å². The molecular formula is C11H24N4O2. The molecule has 0 fully saturated rings. The van der Waals surface area contributed by atoms with Gasteiger partial charge in [-0.1, -0.05) is 5.16 Å². The minimum atomic E-state index is -0.359. The van der Waals surface area contributed by atoms with Crippen LogP contribution in [-0.2, 0) is 4.79 Å². The second-order valence-electron chi connectivity index (χ2n) is 4.35. The molecule has 0 aliphatic rings. The summed E-state index contributed by atoms with van der Waals surface area (Å²) >= 11 is 0. The lowest BCUT2D eigenvalue weighted by Gasteiger charge is -2.17. The van der Waals surface area contributed by atoms with Crippen LogP contribution in [0.15, 0.2) is 5.16 Å². The van der Waals surface area contributed by atoms with Gasteiger partial charge < -0.3 is 20.3 Å². The summed E-state index contributed by atoms with van der Waals surface area (Å²) in [7, 11) is 6.21. The molecule has 0 radical (unpaired) electrons. The molecule has 0 aromatic heterocycles. The number of nitrogens with zero attached hydrogens (tertiary/aromatic N) is 3. The molecule has 1 amide bonds. The predicted molar refractivity (Wildman–Crippen MR) is 68.6 cm³/mol. The number of hydrogen-bond acceptors (Lipinski definition) is 5. The van der Waals surface area contributed by atoms with Crippen molar-refractivity contribution < 1.29 is 10.0 Å². The average molecular weight is 244 g/mol. The Morgan fingerprint density at radius 1 is 1.24 bits per heavy atom. The molecule has 6 nitrogen and oxygen atoms in total. The van der Waals surface area contributed by atoms with Gasteiger partial charge >= 0.3 is 0 Å². The average Bonchev–Trinajstić information content (AvgIpc) is 2.24. The van der Waals surface area contributed by atoms with E-state index in [4.69, 9.17) is 5.21 Å². The van der Waals surface area contributed by atoms with E-state index in [9.17, 15) is 4.79 Å². The number of carbonyl (C=O) groups is 1. The zero-order chi connectivity index (χ0) is 13.1. The molecule has 0 aromatic carbocycles. The molecule has 0 aromatic rings. The first-order chi connectivity index (χ1) is 8.06. The van der Waals surface area contributed by atoms with Gasteiger partial charge in [0.05, 0.1) is 0 Å². The SMILES string of the molecule is CN(C)CCCN(C)CCCNC(=O)C=NO. The molecule has 0 heterocycles. The second kappa shape index (κ2) is 10.0. The van der Waals surface area contributed by atoms with E-state index in [1.165, 1.54) is 0 Å². The number of amides is 1. The molecule has 0 atom stereocenters. The van der Waals surface area contributed by atoms with Crippen molar-refractivity contribution in [3.63, 3.8) is 0 Å². The quantitative estimate of drug-likeness (QED) is 0.256. The maximum Gasteiger partial charge on any atom is 0.265 e. The van der Waals surface area contributed by atoms with Crippen LogP contribution in [0.4, 0.5) is 0 Å². The number of hydrogen-bond donors (Lipinski definition) is 2. The third-order valence-corrected chi connectivity index (χ3v) is 2.34. The maximum atomic E-state index is 10.9. The van der Waals surface area contributed by atoms with Crippen molar-refractivity contribution in [2.24, 2.45) is 5.16 Å². The van der Waals surface area contributed by atoms with E-state index in [1.54, 1.807) is 0 Å². The van der Waals surface area contributed by atoms with Crippen molar-refractivity contribution in [1.82, 2.24) is 15.1 Å². The van der Waals surface area contributed by atoms with Crippen LogP contribution >= 0.6 is 0 Å². The Labute approximate surface area is 103 Å². The molecule has 0 spiro atoms. The van der Waals surface area contributed by atoms with Gasteiger partial charge in [0.1, 0.15) is 6.21 Å². The molecule has 0 saturated carbocycles. The Morgan fingerprint density at radius 3 is 2.47 bits per heavy atom. The van der Waals surface area contributed by atoms with Gasteiger partial charge in [-0.3, -0.25) is 4.79 Å². The maximum absolute atomic E-state index is 10.9. The van der Waals surface area contributed by atoms with E-state index < -0.39 is 0 Å². The molecule has 0 saturated heterocycles. The van der Waals surface area contributed by atoms with Gasteiger partial charge in [0.15, 0.2) is 0 Å². The summed E-state index contributed by atoms with van der Waals surface area (Å²) in [6, 6.07) is 0. The highest BCUT2D eigenvalue weighted by molar-refractivity contribution is 6.25. The Morgan fingerprint density at radius 2 is 1.88 bits per heavy atom. The fraction of sp³-hybridized carbons (Fsp3) is 0.818. The van der Waals surface area contributed by atoms with E-state index in [1.807, 2.05) is 0 Å². The van der Waals surface area contributed by atoms with Crippen LogP contribution in [0.25, 0.3) is 0 Å². The number of rotatable bonds is 9. The minimum Gasteiger partial charge on any atom is -0.411 e. The zero-order valence-electron chi connectivity index (χ0n) is 11.0. The molecule has 0 unspecified atom stereocenters. The van der Waals surface area contributed by atoms with Crippen molar-refractivity contribution in [2.45, 2.75) is 12.8 Å². The van der Waals surface area contributed by atoms with Crippen molar-refractivity contribution >= 4 is 12.1 Å². The molecule has 100 valence electrons. The standard InChI is InChI=1S/C11H24N4O2/c1-14(2)7-5-9-15(3)8-4-6-12-11(16)10-13-17/h10,17H,4-9H2,1-3H3,(H,12,16). The largest absolute Gasteiger partial charge is 0.411 e. The highest BCUT2D eigenvalue weighted by Gasteiger charge is 2.00. The van der Waals surface area contributed by atoms with E-state index >= 15 is 0 Å². The summed E-state index contributed by atoms with van der Waals surface area (Å²) in [6.07, 6.45) is 2.90. The van der Waals surface area contributed by atoms with Gasteiger partial charge in [-0.15, -0.1) is 0 Å². The molecule has 0 aliphatic carbocycles. The summed E-state index contributed by atoms with van der Waals surface area (Å²) in [5.41, 5.74) is 0. The summed E-state index contributed by atoms with van der Waals surface area (Å²) in [6.45, 7) is 3.70. The highest BCUT2D eigenvalue weighted by Crippen LogP contribution is 1.91. The Kier molecular flexibility index (Phi) is 9.37. The topological polar surface area (TPSA) is 68.2 Å². The molecule has 6 heteroatoms. The van der Waals surface area contributed by atoms with E-state index in [2.05, 4.69) is 41.4 Å². The molecular weight excluding hydrogens is 220 g/mol. The van der Waals surface area contributed by atoms with E-state index in [-0.39, 0.29) is 5.91 Å². The van der Waals surface area contributed by atoms with Gasteiger partial charge in [0.25, 0.3) is 5.91 Å². The van der Waals surface area contributed by atoms with Crippen molar-refractivity contribution in [3.8, 4) is 0 Å². The van der Waals surface area contributed by atoms with Crippen LogP contribution in [0.3, 0.4) is 0 Å². The van der Waals surface area contributed by atoms with Gasteiger partial charge in [-0.05, 0) is 53.6 Å². The lowest BCUT2D eigenvalue weighted by molar-refractivity contribution is -0.114. The molecule has 0 rings (SSSR count). The van der Waals surface area contributed by atoms with Crippen molar-refractivity contribution in [2.75, 3.05) is 47.3 Å². The Hall–Kier alpha value is -1.14. The number of nitrogens with one attached hydrogen (secondary N) is 1. The fourth-order valence-electron chi connectivity index (χ4n) is 1.43. The number of oxime groups is 1. The fourth-order valence-corrected chi connectivity index (χ4v) is 1.43. The second-order valence-corrected chi connectivity index (χ2v) is 4.35. The Balaban J connectivity index is 3.38. The number of carbonyl (C=O) groups excluding carboxylic acids is 1. The predicted octanol–water partition coefficient (Wildman–Crippen LogP) is -0.164. The summed E-state index contributed by atoms with van der Waals surface area (Å²) < 4.78 is 0. The van der Waals surface area contributed by atoms with Gasteiger partial charge in [0.2, 0.25) is 0 Å². The third kappa shape index (κ3) is 11.1. The van der Waals surface area contributed by atoms with Gasteiger partial charge in [0, 0.05) is 6.54 Å². The van der Waals surface area contributed by atoms with Crippen LogP contribution in [0.5, 0.6) is 0 Å². The Bertz CT molecular complexity index is 232.